The summed E-state index contributed by atoms with van der Waals surface area (Å²) in [5.41, 5.74) is 0.181. The van der Waals surface area contributed by atoms with E-state index in [4.69, 9.17) is 5.11 Å². The Morgan fingerprint density at radius 2 is 2.38 bits per heavy atom. The predicted molar refractivity (Wildman–Crippen MR) is 60.0 cm³/mol. The Hall–Kier alpha value is -1.47. The van der Waals surface area contributed by atoms with E-state index in [9.17, 15) is 4.79 Å². The molecule has 0 unspecified atom stereocenters. The van der Waals surface area contributed by atoms with E-state index in [1.54, 1.807) is 19.2 Å². The molecule has 0 saturated heterocycles. The number of hydrogen-bond donors (Lipinski definition) is 1. The fourth-order valence-corrected chi connectivity index (χ4v) is 2.68. The number of aromatic carboxylic acids is 1. The van der Waals surface area contributed by atoms with Crippen LogP contribution in [0.25, 0.3) is 0 Å². The molecule has 0 atom stereocenters. The molecule has 82 valence electrons. The van der Waals surface area contributed by atoms with Crippen LogP contribution in [0.15, 0.2) is 27.7 Å². The van der Waals surface area contributed by atoms with Gasteiger partial charge < -0.3 is 5.11 Å². The van der Waals surface area contributed by atoms with Crippen LogP contribution in [0.1, 0.15) is 16.2 Å². The third-order valence-electron chi connectivity index (χ3n) is 1.69. The fourth-order valence-electron chi connectivity index (χ4n) is 1.04. The molecule has 0 aliphatic rings. The van der Waals surface area contributed by atoms with Crippen molar-refractivity contribution in [3.63, 3.8) is 0 Å². The minimum atomic E-state index is -0.989. The Balaban J connectivity index is 2.31. The second-order valence-corrected chi connectivity index (χ2v) is 4.86. The van der Waals surface area contributed by atoms with Crippen molar-refractivity contribution >= 4 is 29.3 Å². The molecule has 0 amide bonds. The van der Waals surface area contributed by atoms with Crippen LogP contribution in [-0.2, 0) is 0 Å². The van der Waals surface area contributed by atoms with E-state index in [1.807, 2.05) is 0 Å². The van der Waals surface area contributed by atoms with E-state index in [2.05, 4.69) is 14.3 Å². The molecule has 0 bridgehead atoms. The Kier molecular flexibility index (Phi) is 3.16. The minimum absolute atomic E-state index is 0.181. The van der Waals surface area contributed by atoms with E-state index in [0.717, 1.165) is 0 Å². The molecule has 0 saturated carbocycles. The lowest BCUT2D eigenvalue weighted by atomic mass is 10.3. The van der Waals surface area contributed by atoms with Gasteiger partial charge in [0.25, 0.3) is 0 Å². The van der Waals surface area contributed by atoms with Crippen LogP contribution in [0.3, 0.4) is 0 Å². The molecule has 1 N–H and O–H groups in total. The van der Waals surface area contributed by atoms with Crippen LogP contribution in [0.4, 0.5) is 0 Å². The van der Waals surface area contributed by atoms with E-state index < -0.39 is 5.97 Å². The second-order valence-electron chi connectivity index (χ2n) is 2.87. The lowest BCUT2D eigenvalue weighted by molar-refractivity contribution is 0.0692. The van der Waals surface area contributed by atoms with Gasteiger partial charge in [-0.25, -0.2) is 14.8 Å². The number of carbonyl (C=O) groups is 1. The summed E-state index contributed by atoms with van der Waals surface area (Å²) >= 11 is 2.45. The zero-order valence-corrected chi connectivity index (χ0v) is 9.88. The zero-order valence-electron chi connectivity index (χ0n) is 8.25. The van der Waals surface area contributed by atoms with Crippen LogP contribution >= 0.6 is 23.3 Å². The molecule has 2 heterocycles. The smallest absolute Gasteiger partial charge is 0.338 e. The van der Waals surface area contributed by atoms with Gasteiger partial charge in [-0.3, -0.25) is 0 Å². The molecule has 0 aromatic carbocycles. The molecule has 2 aromatic rings. The molecular weight excluding hydrogens is 246 g/mol. The molecule has 7 heteroatoms. The average Bonchev–Trinajstić information content (AvgIpc) is 2.64. The third kappa shape index (κ3) is 2.37. The quantitative estimate of drug-likeness (QED) is 0.902. The van der Waals surface area contributed by atoms with Crippen LogP contribution < -0.4 is 0 Å². The molecule has 0 spiro atoms. The summed E-state index contributed by atoms with van der Waals surface area (Å²) < 4.78 is 4.72. The summed E-state index contributed by atoms with van der Waals surface area (Å²) in [6, 6.07) is 3.12. The Morgan fingerprint density at radius 1 is 1.56 bits per heavy atom. The molecule has 5 nitrogen and oxygen atoms in total. The van der Waals surface area contributed by atoms with Crippen LogP contribution in [-0.4, -0.2) is 25.4 Å². The highest BCUT2D eigenvalue weighted by Crippen LogP contribution is 2.29. The van der Waals surface area contributed by atoms with Gasteiger partial charge >= 0.3 is 5.97 Å². The van der Waals surface area contributed by atoms with Crippen molar-refractivity contribution in [3.05, 3.63) is 29.7 Å². The first-order chi connectivity index (χ1) is 7.66. The number of nitrogens with zero attached hydrogens (tertiary/aromatic N) is 3. The molecular formula is C9H7N3O2S2. The van der Waals surface area contributed by atoms with Gasteiger partial charge in [0.05, 0.1) is 5.56 Å². The van der Waals surface area contributed by atoms with Crippen molar-refractivity contribution in [2.24, 2.45) is 0 Å². The summed E-state index contributed by atoms with van der Waals surface area (Å²) in [6.45, 7) is 1.79. The van der Waals surface area contributed by atoms with Gasteiger partial charge in [-0.1, -0.05) is 0 Å². The molecule has 0 aliphatic heterocycles. The highest BCUT2D eigenvalue weighted by Gasteiger charge is 2.13. The van der Waals surface area contributed by atoms with Gasteiger partial charge in [-0.2, -0.15) is 4.37 Å². The minimum Gasteiger partial charge on any atom is -0.478 e. The Labute approximate surface area is 99.7 Å². The number of pyridine rings is 1. The summed E-state index contributed by atoms with van der Waals surface area (Å²) in [4.78, 5) is 19.1. The van der Waals surface area contributed by atoms with Crippen LogP contribution in [0.2, 0.25) is 0 Å². The molecule has 0 radical (unpaired) electrons. The Bertz CT molecular complexity index is 527. The number of aryl methyl sites for hydroxylation is 1. The van der Waals surface area contributed by atoms with Gasteiger partial charge in [0, 0.05) is 6.20 Å². The lowest BCUT2D eigenvalue weighted by Crippen LogP contribution is -1.99. The third-order valence-corrected chi connectivity index (χ3v) is 3.56. The molecule has 16 heavy (non-hydrogen) atoms. The maximum absolute atomic E-state index is 10.9. The Morgan fingerprint density at radius 3 is 3.00 bits per heavy atom. The standard InChI is InChI=1S/C9H7N3O2S2/c1-5-11-9(16-12-5)15-7-6(8(13)14)3-2-4-10-7/h2-4H,1H3,(H,13,14). The van der Waals surface area contributed by atoms with E-state index in [1.165, 1.54) is 29.4 Å². The summed E-state index contributed by atoms with van der Waals surface area (Å²) in [5, 5.41) is 9.40. The van der Waals surface area contributed by atoms with Crippen molar-refractivity contribution in [1.29, 1.82) is 0 Å². The molecule has 2 aromatic heterocycles. The van der Waals surface area contributed by atoms with Crippen LogP contribution in [0.5, 0.6) is 0 Å². The monoisotopic (exact) mass is 253 g/mol. The molecule has 2 rings (SSSR count). The van der Waals surface area contributed by atoms with Crippen molar-refractivity contribution in [2.75, 3.05) is 0 Å². The lowest BCUT2D eigenvalue weighted by Gasteiger charge is -2.00. The van der Waals surface area contributed by atoms with E-state index >= 15 is 0 Å². The summed E-state index contributed by atoms with van der Waals surface area (Å²) in [6.07, 6.45) is 1.56. The van der Waals surface area contributed by atoms with Gasteiger partial charge in [0.1, 0.15) is 10.9 Å². The van der Waals surface area contributed by atoms with E-state index in [0.29, 0.717) is 15.2 Å². The predicted octanol–water partition coefficient (Wildman–Crippen LogP) is 2.09. The maximum atomic E-state index is 10.9. The van der Waals surface area contributed by atoms with Crippen molar-refractivity contribution in [3.8, 4) is 0 Å². The number of carboxylic acid groups (broad SMARTS) is 1. The number of rotatable bonds is 3. The van der Waals surface area contributed by atoms with Crippen molar-refractivity contribution in [2.45, 2.75) is 16.3 Å². The van der Waals surface area contributed by atoms with Crippen molar-refractivity contribution in [1.82, 2.24) is 14.3 Å². The second kappa shape index (κ2) is 4.58. The number of hydrogen-bond acceptors (Lipinski definition) is 6. The highest BCUT2D eigenvalue weighted by molar-refractivity contribution is 8.01. The SMILES string of the molecule is Cc1nsc(Sc2ncccc2C(=O)O)n1. The van der Waals surface area contributed by atoms with Gasteiger partial charge in [0.2, 0.25) is 0 Å². The van der Waals surface area contributed by atoms with E-state index in [-0.39, 0.29) is 5.56 Å². The molecule has 0 fully saturated rings. The topological polar surface area (TPSA) is 76.0 Å². The van der Waals surface area contributed by atoms with Gasteiger partial charge in [0.15, 0.2) is 4.34 Å². The van der Waals surface area contributed by atoms with Crippen LogP contribution in [0, 0.1) is 6.92 Å². The summed E-state index contributed by atoms with van der Waals surface area (Å²) in [7, 11) is 0. The molecule has 0 aliphatic carbocycles. The average molecular weight is 253 g/mol. The van der Waals surface area contributed by atoms with Crippen molar-refractivity contribution < 1.29 is 9.90 Å². The number of aromatic nitrogens is 3. The summed E-state index contributed by atoms with van der Waals surface area (Å²) in [5.74, 6) is -0.308. The zero-order chi connectivity index (χ0) is 11.5. The first-order valence-corrected chi connectivity index (χ1v) is 5.92. The fraction of sp³-hybridized carbons (Fsp3) is 0.111. The largest absolute Gasteiger partial charge is 0.478 e. The maximum Gasteiger partial charge on any atom is 0.338 e. The normalized spacial score (nSPS) is 10.3. The highest BCUT2D eigenvalue weighted by atomic mass is 32.2. The van der Waals surface area contributed by atoms with Gasteiger partial charge in [-0.05, 0) is 42.4 Å². The number of carboxylic acids is 1. The first-order valence-electron chi connectivity index (χ1n) is 4.33. The first kappa shape index (κ1) is 11.0. The van der Waals surface area contributed by atoms with Gasteiger partial charge in [-0.15, -0.1) is 0 Å².